The molecule has 0 saturated carbocycles. The molecule has 0 bridgehead atoms. The van der Waals surface area contributed by atoms with Gasteiger partial charge < -0.3 is 9.84 Å². The van der Waals surface area contributed by atoms with E-state index in [9.17, 15) is 9.90 Å². The van der Waals surface area contributed by atoms with Crippen LogP contribution < -0.4 is 4.74 Å². The summed E-state index contributed by atoms with van der Waals surface area (Å²) in [5.41, 5.74) is 2.72. The Morgan fingerprint density at radius 2 is 2.00 bits per heavy atom. The van der Waals surface area contributed by atoms with Crippen LogP contribution >= 0.6 is 22.9 Å². The average Bonchev–Trinajstić information content (AvgIpc) is 3.01. The second-order valence-corrected chi connectivity index (χ2v) is 9.56. The molecule has 6 heteroatoms. The van der Waals surface area contributed by atoms with E-state index in [1.54, 1.807) is 6.07 Å². The van der Waals surface area contributed by atoms with Crippen LogP contribution in [-0.4, -0.2) is 15.9 Å². The Kier molecular flexibility index (Phi) is 5.13. The van der Waals surface area contributed by atoms with Crippen molar-refractivity contribution < 1.29 is 14.6 Å². The van der Waals surface area contributed by atoms with Gasteiger partial charge in [-0.3, -0.25) is 4.79 Å². The molecule has 150 valence electrons. The first kappa shape index (κ1) is 19.9. The van der Waals surface area contributed by atoms with E-state index in [1.807, 2.05) is 51.1 Å². The smallest absolute Gasteiger partial charge is 0.279 e. The molecule has 2 aromatic carbocycles. The van der Waals surface area contributed by atoms with Crippen molar-refractivity contribution >= 4 is 44.5 Å². The number of rotatable bonds is 4. The highest BCUT2D eigenvalue weighted by Crippen LogP contribution is 2.41. The molecule has 0 unspecified atom stereocenters. The van der Waals surface area contributed by atoms with E-state index in [1.165, 1.54) is 11.3 Å². The lowest BCUT2D eigenvalue weighted by Crippen LogP contribution is -2.25. The predicted octanol–water partition coefficient (Wildman–Crippen LogP) is 6.96. The lowest BCUT2D eigenvalue weighted by molar-refractivity contribution is -0.116. The highest BCUT2D eigenvalue weighted by atomic mass is 35.5. The molecule has 0 amide bonds. The Labute approximate surface area is 178 Å². The molecule has 1 N–H and O–H groups in total. The molecule has 4 rings (SSSR count). The summed E-state index contributed by atoms with van der Waals surface area (Å²) >= 11 is 7.47. The van der Waals surface area contributed by atoms with Crippen molar-refractivity contribution in [2.24, 2.45) is 5.41 Å². The minimum absolute atomic E-state index is 0.0276. The number of aliphatic hydroxyl groups is 1. The number of nitrogens with zero attached hydrogens (tertiary/aromatic N) is 1. The van der Waals surface area contributed by atoms with E-state index >= 15 is 0 Å². The SMILES string of the molecule is CCc1ccc(Oc2nc3cc(Cl)ccc3s2)cc1C1=C(O)CC(C)(C)CC1=O. The number of thiazole rings is 1. The van der Waals surface area contributed by atoms with Crippen LogP contribution in [0, 0.1) is 5.41 Å². The number of halogens is 1. The maximum absolute atomic E-state index is 12.8. The quantitative estimate of drug-likeness (QED) is 0.488. The standard InChI is InChI=1S/C23H22ClNO3S/c1-4-13-5-7-15(28-22-25-17-9-14(24)6-8-20(17)29-22)10-16(13)21-18(26)11-23(2,3)12-19(21)27/h5-10,26H,4,11-12H2,1-3H3. The molecule has 29 heavy (non-hydrogen) atoms. The molecule has 0 atom stereocenters. The van der Waals surface area contributed by atoms with E-state index in [-0.39, 0.29) is 17.0 Å². The maximum atomic E-state index is 12.8. The zero-order valence-corrected chi connectivity index (χ0v) is 18.2. The molecule has 1 aliphatic rings. The number of hydrogen-bond acceptors (Lipinski definition) is 5. The number of carbonyl (C=O) groups is 1. The third-order valence-corrected chi connectivity index (χ3v) is 6.27. The molecule has 0 radical (unpaired) electrons. The number of carbonyl (C=O) groups excluding carboxylic acids is 1. The molecule has 4 nitrogen and oxygen atoms in total. The van der Waals surface area contributed by atoms with Crippen molar-refractivity contribution in [2.75, 3.05) is 0 Å². The number of ether oxygens (including phenoxy) is 1. The fraction of sp³-hybridized carbons (Fsp3) is 0.304. The first-order valence-electron chi connectivity index (χ1n) is 9.58. The van der Waals surface area contributed by atoms with Crippen LogP contribution in [0.5, 0.6) is 10.9 Å². The summed E-state index contributed by atoms with van der Waals surface area (Å²) in [5, 5.41) is 11.8. The molecule has 3 aromatic rings. The monoisotopic (exact) mass is 427 g/mol. The minimum Gasteiger partial charge on any atom is -0.512 e. The summed E-state index contributed by atoms with van der Waals surface area (Å²) in [7, 11) is 0. The van der Waals surface area contributed by atoms with Crippen LogP contribution in [-0.2, 0) is 11.2 Å². The zero-order valence-electron chi connectivity index (χ0n) is 16.6. The Morgan fingerprint density at radius 3 is 2.72 bits per heavy atom. The first-order chi connectivity index (χ1) is 13.8. The second-order valence-electron chi connectivity index (χ2n) is 8.13. The summed E-state index contributed by atoms with van der Waals surface area (Å²) in [6.07, 6.45) is 1.66. The van der Waals surface area contributed by atoms with Gasteiger partial charge in [0.2, 0.25) is 0 Å². The summed E-state index contributed by atoms with van der Waals surface area (Å²) in [6, 6.07) is 11.2. The lowest BCUT2D eigenvalue weighted by atomic mass is 9.74. The fourth-order valence-electron chi connectivity index (χ4n) is 3.78. The van der Waals surface area contributed by atoms with Gasteiger partial charge in [0.05, 0.1) is 15.8 Å². The maximum Gasteiger partial charge on any atom is 0.279 e. The van der Waals surface area contributed by atoms with Crippen LogP contribution in [0.15, 0.2) is 42.2 Å². The average molecular weight is 428 g/mol. The van der Waals surface area contributed by atoms with Crippen LogP contribution in [0.3, 0.4) is 0 Å². The van der Waals surface area contributed by atoms with Gasteiger partial charge >= 0.3 is 0 Å². The highest BCUT2D eigenvalue weighted by molar-refractivity contribution is 7.20. The van der Waals surface area contributed by atoms with Crippen molar-refractivity contribution in [3.8, 4) is 10.9 Å². The van der Waals surface area contributed by atoms with Crippen molar-refractivity contribution in [1.82, 2.24) is 4.98 Å². The van der Waals surface area contributed by atoms with Crippen molar-refractivity contribution in [3.05, 3.63) is 58.3 Å². The summed E-state index contributed by atoms with van der Waals surface area (Å²) in [5.74, 6) is 0.716. The number of allylic oxidation sites excluding steroid dienone is 2. The molecular weight excluding hydrogens is 406 g/mol. The molecule has 1 aromatic heterocycles. The number of ketones is 1. The van der Waals surface area contributed by atoms with Gasteiger partial charge in [0, 0.05) is 17.9 Å². The van der Waals surface area contributed by atoms with Gasteiger partial charge in [0.25, 0.3) is 5.19 Å². The van der Waals surface area contributed by atoms with Crippen LogP contribution in [0.1, 0.15) is 44.7 Å². The van der Waals surface area contributed by atoms with Gasteiger partial charge in [0.1, 0.15) is 11.5 Å². The van der Waals surface area contributed by atoms with Crippen LogP contribution in [0.4, 0.5) is 0 Å². The molecule has 1 heterocycles. The Bertz CT molecular complexity index is 1150. The second kappa shape index (κ2) is 7.47. The largest absolute Gasteiger partial charge is 0.512 e. The Balaban J connectivity index is 1.72. The van der Waals surface area contributed by atoms with Crippen molar-refractivity contribution in [2.45, 2.75) is 40.0 Å². The molecule has 0 fully saturated rings. The topological polar surface area (TPSA) is 59.4 Å². The molecule has 0 spiro atoms. The van der Waals surface area contributed by atoms with Gasteiger partial charge in [0.15, 0.2) is 5.78 Å². The fourth-order valence-corrected chi connectivity index (χ4v) is 4.76. The van der Waals surface area contributed by atoms with Crippen molar-refractivity contribution in [1.29, 1.82) is 0 Å². The van der Waals surface area contributed by atoms with E-state index in [0.717, 1.165) is 27.8 Å². The van der Waals surface area contributed by atoms with Gasteiger partial charge in [-0.1, -0.05) is 49.8 Å². The predicted molar refractivity (Wildman–Crippen MR) is 118 cm³/mol. The molecule has 0 saturated heterocycles. The number of Topliss-reactive ketones (excluding diaryl/α,β-unsaturated/α-hetero) is 1. The number of aryl methyl sites for hydroxylation is 1. The minimum atomic E-state index is -0.229. The number of aliphatic hydroxyl groups excluding tert-OH is 1. The Hall–Kier alpha value is -2.37. The summed E-state index contributed by atoms with van der Waals surface area (Å²) < 4.78 is 6.98. The van der Waals surface area contributed by atoms with Gasteiger partial charge in [-0.25, -0.2) is 4.98 Å². The van der Waals surface area contributed by atoms with E-state index < -0.39 is 0 Å². The van der Waals surface area contributed by atoms with Gasteiger partial charge in [-0.2, -0.15) is 0 Å². The normalized spacial score (nSPS) is 16.5. The summed E-state index contributed by atoms with van der Waals surface area (Å²) in [6.45, 7) is 6.03. The molecule has 1 aliphatic carbocycles. The number of aromatic nitrogens is 1. The molecular formula is C23H22ClNO3S. The third-order valence-electron chi connectivity index (χ3n) is 5.12. The van der Waals surface area contributed by atoms with E-state index in [0.29, 0.717) is 34.4 Å². The lowest BCUT2D eigenvalue weighted by Gasteiger charge is -2.30. The van der Waals surface area contributed by atoms with Crippen LogP contribution in [0.25, 0.3) is 15.8 Å². The first-order valence-corrected chi connectivity index (χ1v) is 10.8. The number of fused-ring (bicyclic) bond motifs is 1. The van der Waals surface area contributed by atoms with Crippen LogP contribution in [0.2, 0.25) is 5.02 Å². The van der Waals surface area contributed by atoms with Crippen molar-refractivity contribution in [3.63, 3.8) is 0 Å². The zero-order chi connectivity index (χ0) is 20.8. The third kappa shape index (κ3) is 4.02. The van der Waals surface area contributed by atoms with E-state index in [2.05, 4.69) is 4.98 Å². The number of benzene rings is 2. The Morgan fingerprint density at radius 1 is 1.21 bits per heavy atom. The van der Waals surface area contributed by atoms with Gasteiger partial charge in [-0.05, 0) is 53.3 Å². The number of hydrogen-bond donors (Lipinski definition) is 1. The molecule has 0 aliphatic heterocycles. The highest BCUT2D eigenvalue weighted by Gasteiger charge is 2.34. The summed E-state index contributed by atoms with van der Waals surface area (Å²) in [4.78, 5) is 17.3. The van der Waals surface area contributed by atoms with Gasteiger partial charge in [-0.15, -0.1) is 0 Å². The van der Waals surface area contributed by atoms with E-state index in [4.69, 9.17) is 16.3 Å².